The molecule has 1 aliphatic rings. The Kier molecular flexibility index (Phi) is 3.00. The van der Waals surface area contributed by atoms with Crippen molar-refractivity contribution in [2.45, 2.75) is 31.8 Å². The molecule has 1 nitrogen and oxygen atoms in total. The first-order valence-electron chi connectivity index (χ1n) is 5.24. The van der Waals surface area contributed by atoms with Gasteiger partial charge in [-0.1, -0.05) is 12.1 Å². The third-order valence-electron chi connectivity index (χ3n) is 2.92. The summed E-state index contributed by atoms with van der Waals surface area (Å²) in [5.41, 5.74) is 0.446. The maximum absolute atomic E-state index is 13.5. The standard InChI is InChI=1S/C12H14F2O/c1-8-5-6-9(7-15-8)10-3-2-4-11(13)12(10)14/h2-4,8-9H,5-7H2,1H3. The van der Waals surface area contributed by atoms with Crippen LogP contribution in [0, 0.1) is 11.6 Å². The van der Waals surface area contributed by atoms with E-state index in [4.69, 9.17) is 4.74 Å². The third kappa shape index (κ3) is 2.17. The lowest BCUT2D eigenvalue weighted by Gasteiger charge is -2.27. The van der Waals surface area contributed by atoms with Crippen LogP contribution in [-0.2, 0) is 4.74 Å². The summed E-state index contributed by atoms with van der Waals surface area (Å²) < 4.78 is 31.9. The van der Waals surface area contributed by atoms with Crippen molar-refractivity contribution in [3.8, 4) is 0 Å². The second kappa shape index (κ2) is 4.27. The maximum Gasteiger partial charge on any atom is 0.162 e. The molecule has 0 amide bonds. The van der Waals surface area contributed by atoms with E-state index >= 15 is 0 Å². The van der Waals surface area contributed by atoms with E-state index in [2.05, 4.69) is 0 Å². The van der Waals surface area contributed by atoms with E-state index in [1.807, 2.05) is 6.92 Å². The largest absolute Gasteiger partial charge is 0.378 e. The fourth-order valence-corrected chi connectivity index (χ4v) is 1.96. The lowest BCUT2D eigenvalue weighted by atomic mass is 9.91. The molecule has 82 valence electrons. The van der Waals surface area contributed by atoms with Crippen LogP contribution in [0.2, 0.25) is 0 Å². The van der Waals surface area contributed by atoms with Gasteiger partial charge in [0.25, 0.3) is 0 Å². The van der Waals surface area contributed by atoms with E-state index < -0.39 is 11.6 Å². The topological polar surface area (TPSA) is 9.23 Å². The summed E-state index contributed by atoms with van der Waals surface area (Å²) in [6.45, 7) is 2.49. The van der Waals surface area contributed by atoms with Crippen LogP contribution in [0.5, 0.6) is 0 Å². The SMILES string of the molecule is CC1CCC(c2cccc(F)c2F)CO1. The fraction of sp³-hybridized carbons (Fsp3) is 0.500. The minimum atomic E-state index is -0.772. The zero-order valence-corrected chi connectivity index (χ0v) is 8.67. The van der Waals surface area contributed by atoms with Crippen LogP contribution in [0.1, 0.15) is 31.2 Å². The van der Waals surface area contributed by atoms with Gasteiger partial charge in [0.1, 0.15) is 0 Å². The Labute approximate surface area is 88.1 Å². The Morgan fingerprint density at radius 3 is 2.73 bits per heavy atom. The van der Waals surface area contributed by atoms with Gasteiger partial charge in [0, 0.05) is 5.92 Å². The maximum atomic E-state index is 13.5. The van der Waals surface area contributed by atoms with E-state index in [-0.39, 0.29) is 12.0 Å². The van der Waals surface area contributed by atoms with Gasteiger partial charge in [0.2, 0.25) is 0 Å². The smallest absolute Gasteiger partial charge is 0.162 e. The predicted octanol–water partition coefficient (Wildman–Crippen LogP) is 3.25. The summed E-state index contributed by atoms with van der Waals surface area (Å²) in [7, 11) is 0. The third-order valence-corrected chi connectivity index (χ3v) is 2.92. The van der Waals surface area contributed by atoms with Gasteiger partial charge in [-0.3, -0.25) is 0 Å². The molecule has 0 radical (unpaired) electrons. The molecule has 1 saturated heterocycles. The zero-order chi connectivity index (χ0) is 10.8. The van der Waals surface area contributed by atoms with Crippen molar-refractivity contribution in [1.82, 2.24) is 0 Å². The Balaban J connectivity index is 2.19. The van der Waals surface area contributed by atoms with Gasteiger partial charge in [-0.2, -0.15) is 0 Å². The van der Waals surface area contributed by atoms with Crippen molar-refractivity contribution in [2.24, 2.45) is 0 Å². The number of rotatable bonds is 1. The van der Waals surface area contributed by atoms with E-state index in [1.54, 1.807) is 12.1 Å². The highest BCUT2D eigenvalue weighted by molar-refractivity contribution is 5.23. The number of halogens is 2. The number of hydrogen-bond acceptors (Lipinski definition) is 1. The zero-order valence-electron chi connectivity index (χ0n) is 8.67. The summed E-state index contributed by atoms with van der Waals surface area (Å²) in [5, 5.41) is 0. The number of hydrogen-bond donors (Lipinski definition) is 0. The molecule has 0 N–H and O–H groups in total. The molecule has 1 aliphatic heterocycles. The monoisotopic (exact) mass is 212 g/mol. The molecule has 3 heteroatoms. The Bertz CT molecular complexity index is 343. The molecule has 0 saturated carbocycles. The van der Waals surface area contributed by atoms with Crippen LogP contribution >= 0.6 is 0 Å². The molecule has 0 aromatic heterocycles. The van der Waals surface area contributed by atoms with Crippen molar-refractivity contribution < 1.29 is 13.5 Å². The van der Waals surface area contributed by atoms with Gasteiger partial charge in [0.05, 0.1) is 12.7 Å². The van der Waals surface area contributed by atoms with Crippen LogP contribution in [-0.4, -0.2) is 12.7 Å². The summed E-state index contributed by atoms with van der Waals surface area (Å²) >= 11 is 0. The van der Waals surface area contributed by atoms with Crippen molar-refractivity contribution in [3.63, 3.8) is 0 Å². The molecular weight excluding hydrogens is 198 g/mol. The summed E-state index contributed by atoms with van der Waals surface area (Å²) in [4.78, 5) is 0. The second-order valence-corrected chi connectivity index (χ2v) is 4.06. The Morgan fingerprint density at radius 1 is 1.27 bits per heavy atom. The number of ether oxygens (including phenoxy) is 1. The van der Waals surface area contributed by atoms with E-state index in [1.165, 1.54) is 0 Å². The highest BCUT2D eigenvalue weighted by Crippen LogP contribution is 2.30. The minimum Gasteiger partial charge on any atom is -0.378 e. The molecule has 1 fully saturated rings. The first kappa shape index (κ1) is 10.6. The van der Waals surface area contributed by atoms with E-state index in [0.29, 0.717) is 12.2 Å². The Hall–Kier alpha value is -0.960. The Morgan fingerprint density at radius 2 is 2.07 bits per heavy atom. The highest BCUT2D eigenvalue weighted by Gasteiger charge is 2.23. The normalized spacial score (nSPS) is 26.6. The molecule has 0 bridgehead atoms. The first-order valence-corrected chi connectivity index (χ1v) is 5.24. The van der Waals surface area contributed by atoms with E-state index in [0.717, 1.165) is 18.9 Å². The number of benzene rings is 1. The van der Waals surface area contributed by atoms with Crippen molar-refractivity contribution in [1.29, 1.82) is 0 Å². The lowest BCUT2D eigenvalue weighted by Crippen LogP contribution is -2.23. The van der Waals surface area contributed by atoms with Crippen LogP contribution in [0.3, 0.4) is 0 Å². The highest BCUT2D eigenvalue weighted by atomic mass is 19.2. The lowest BCUT2D eigenvalue weighted by molar-refractivity contribution is 0.0147. The average Bonchev–Trinajstić information content (AvgIpc) is 2.24. The first-order chi connectivity index (χ1) is 7.18. The molecule has 0 spiro atoms. The second-order valence-electron chi connectivity index (χ2n) is 4.06. The molecule has 2 rings (SSSR count). The van der Waals surface area contributed by atoms with Gasteiger partial charge in [0.15, 0.2) is 11.6 Å². The van der Waals surface area contributed by atoms with Crippen molar-refractivity contribution >= 4 is 0 Å². The molecule has 15 heavy (non-hydrogen) atoms. The quantitative estimate of drug-likeness (QED) is 0.694. The van der Waals surface area contributed by atoms with Gasteiger partial charge in [-0.15, -0.1) is 0 Å². The molecule has 1 aromatic rings. The van der Waals surface area contributed by atoms with Crippen LogP contribution in [0.15, 0.2) is 18.2 Å². The fourth-order valence-electron chi connectivity index (χ4n) is 1.96. The summed E-state index contributed by atoms with van der Waals surface area (Å²) in [5.74, 6) is -1.50. The van der Waals surface area contributed by atoms with Gasteiger partial charge >= 0.3 is 0 Å². The van der Waals surface area contributed by atoms with Gasteiger partial charge in [-0.05, 0) is 31.4 Å². The van der Waals surface area contributed by atoms with Crippen LogP contribution < -0.4 is 0 Å². The van der Waals surface area contributed by atoms with Crippen molar-refractivity contribution in [2.75, 3.05) is 6.61 Å². The summed E-state index contributed by atoms with van der Waals surface area (Å²) in [6, 6.07) is 4.33. The van der Waals surface area contributed by atoms with Gasteiger partial charge in [-0.25, -0.2) is 8.78 Å². The van der Waals surface area contributed by atoms with E-state index in [9.17, 15) is 8.78 Å². The molecule has 2 unspecified atom stereocenters. The van der Waals surface area contributed by atoms with Crippen LogP contribution in [0.4, 0.5) is 8.78 Å². The predicted molar refractivity (Wildman–Crippen MR) is 53.7 cm³/mol. The minimum absolute atomic E-state index is 0.00287. The summed E-state index contributed by atoms with van der Waals surface area (Å²) in [6.07, 6.45) is 2.00. The molecule has 2 atom stereocenters. The molecular formula is C12H14F2O. The molecule has 1 aromatic carbocycles. The average molecular weight is 212 g/mol. The van der Waals surface area contributed by atoms with Gasteiger partial charge < -0.3 is 4.74 Å². The molecule has 1 heterocycles. The van der Waals surface area contributed by atoms with Crippen molar-refractivity contribution in [3.05, 3.63) is 35.4 Å². The van der Waals surface area contributed by atoms with Crippen LogP contribution in [0.25, 0.3) is 0 Å². The molecule has 0 aliphatic carbocycles.